The molecule has 0 saturated carbocycles. The van der Waals surface area contributed by atoms with Gasteiger partial charge in [-0.3, -0.25) is 4.57 Å². The molecule has 17 aromatic carbocycles. The van der Waals surface area contributed by atoms with Gasteiger partial charge in [-0.2, -0.15) is 0 Å². The molecule has 0 fully saturated rings. The Morgan fingerprint density at radius 3 is 1.31 bits per heavy atom. The van der Waals surface area contributed by atoms with Crippen LogP contribution in [0.15, 0.2) is 394 Å². The maximum atomic E-state index is 4.89. The van der Waals surface area contributed by atoms with Crippen LogP contribution in [-0.4, -0.2) is 14.1 Å². The molecular weight excluding hydrogens is 1280 g/mol. The van der Waals surface area contributed by atoms with Gasteiger partial charge in [0.2, 0.25) is 0 Å². The van der Waals surface area contributed by atoms with Crippen LogP contribution in [0.5, 0.6) is 0 Å². The van der Waals surface area contributed by atoms with Crippen LogP contribution in [-0.2, 0) is 11.8 Å². The number of imidazole rings is 1. The number of aromatic nitrogens is 3. The van der Waals surface area contributed by atoms with E-state index < -0.39 is 5.41 Å². The van der Waals surface area contributed by atoms with Crippen LogP contribution >= 0.6 is 0 Å². The SMILES string of the molecule is CCc1nc2ccccc2n1-c1ccc(-c2c3ccccc3c(-c3ccc(-c4ccccc4)cc3)c3ccccc23)cc1.c1ccc(-c2ccc(-c3ccccc3N(c3ccc(-c4ccccc4)cc3)c3ccc4c(c3)C3(c5ccccc5-4)c4ccccc4-n4c5ccccc5c5cccc3c54)cc2)cc1. The summed E-state index contributed by atoms with van der Waals surface area (Å²) in [6, 6.07) is 144. The van der Waals surface area contributed by atoms with Crippen molar-refractivity contribution in [2.24, 2.45) is 0 Å². The molecule has 4 heteroatoms. The number of benzene rings is 17. The summed E-state index contributed by atoms with van der Waals surface area (Å²) in [5.74, 6) is 1.08. The van der Waals surface area contributed by atoms with Crippen LogP contribution in [0.4, 0.5) is 17.1 Å². The monoisotopic (exact) mass is 1350 g/mol. The Kier molecular flexibility index (Phi) is 15.1. The van der Waals surface area contributed by atoms with Gasteiger partial charge in [-0.1, -0.05) is 335 Å². The van der Waals surface area contributed by atoms with E-state index in [1.807, 2.05) is 0 Å². The molecule has 0 bridgehead atoms. The Hall–Kier alpha value is -13.7. The topological polar surface area (TPSA) is 26.0 Å². The van der Waals surface area contributed by atoms with Gasteiger partial charge < -0.3 is 9.47 Å². The average molecular weight is 1350 g/mol. The lowest BCUT2D eigenvalue weighted by Gasteiger charge is -2.40. The summed E-state index contributed by atoms with van der Waals surface area (Å²) in [6.45, 7) is 2.17. The van der Waals surface area contributed by atoms with E-state index in [9.17, 15) is 0 Å². The summed E-state index contributed by atoms with van der Waals surface area (Å²) in [4.78, 5) is 7.36. The number of anilines is 3. The van der Waals surface area contributed by atoms with Gasteiger partial charge in [0.05, 0.1) is 38.9 Å². The maximum Gasteiger partial charge on any atom is 0.114 e. The fourth-order valence-electron chi connectivity index (χ4n) is 17.5. The second kappa shape index (κ2) is 25.7. The second-order valence-electron chi connectivity index (χ2n) is 27.8. The zero-order valence-corrected chi connectivity index (χ0v) is 58.5. The zero-order chi connectivity index (χ0) is 70.2. The van der Waals surface area contributed by atoms with Gasteiger partial charge in [0.25, 0.3) is 0 Å². The van der Waals surface area contributed by atoms with Gasteiger partial charge >= 0.3 is 0 Å². The fraction of sp³-hybridized carbons (Fsp3) is 0.0294. The summed E-state index contributed by atoms with van der Waals surface area (Å²) in [5, 5.41) is 7.62. The number of para-hydroxylation sites is 6. The normalized spacial score (nSPS) is 13.2. The quantitative estimate of drug-likeness (QED) is 0.121. The summed E-state index contributed by atoms with van der Waals surface area (Å²) >= 11 is 0. The highest BCUT2D eigenvalue weighted by molar-refractivity contribution is 6.21. The molecule has 0 radical (unpaired) electrons. The molecule has 1 aliphatic heterocycles. The summed E-state index contributed by atoms with van der Waals surface area (Å²) in [7, 11) is 0. The third-order valence-electron chi connectivity index (χ3n) is 22.2. The number of hydrogen-bond donors (Lipinski definition) is 0. The van der Waals surface area contributed by atoms with Crippen molar-refractivity contribution in [3.63, 3.8) is 0 Å². The lowest BCUT2D eigenvalue weighted by Crippen LogP contribution is -2.33. The van der Waals surface area contributed by atoms with Gasteiger partial charge in [0, 0.05) is 39.8 Å². The van der Waals surface area contributed by atoms with E-state index >= 15 is 0 Å². The van der Waals surface area contributed by atoms with Crippen LogP contribution in [0, 0.1) is 0 Å². The van der Waals surface area contributed by atoms with Gasteiger partial charge in [-0.05, 0) is 183 Å². The van der Waals surface area contributed by atoms with Crippen molar-refractivity contribution in [2.45, 2.75) is 18.8 Å². The number of fused-ring (bicyclic) bond motifs is 15. The van der Waals surface area contributed by atoms with Crippen LogP contribution in [0.25, 0.3) is 144 Å². The standard InChI is InChI=1S/C61H40N2.C41H30N2/c1-3-16-41(17-4-1)43-30-32-45(33-31-43)48-20-8-12-27-57(48)62(46-36-34-44(35-37-46)42-18-5-2-6-19-42)47-38-39-50-49-21-7-10-24-53(49)61(56(50)40-47)54-25-11-14-29-59(54)63-58-28-13-9-22-51(58)52-23-15-26-55(61)60(52)63;1-2-39-42-37-18-10-11-19-38(37)43(39)32-26-24-31(25-27-32)41-35-16-8-6-14-33(35)40(34-15-7-9-17-36(34)41)30-22-20-29(21-23-30)28-12-4-3-5-13-28/h1-40H;3-27H,2H2,1H3. The van der Waals surface area contributed by atoms with Gasteiger partial charge in [-0.25, -0.2) is 4.98 Å². The van der Waals surface area contributed by atoms with E-state index in [1.54, 1.807) is 0 Å². The first kappa shape index (κ1) is 62.1. The minimum Gasteiger partial charge on any atom is -0.310 e. The van der Waals surface area contributed by atoms with Gasteiger partial charge in [0.15, 0.2) is 0 Å². The first-order valence-electron chi connectivity index (χ1n) is 36.8. The minimum atomic E-state index is -0.557. The molecule has 498 valence electrons. The molecule has 106 heavy (non-hydrogen) atoms. The predicted octanol–water partition coefficient (Wildman–Crippen LogP) is 26.8. The maximum absolute atomic E-state index is 4.89. The Labute approximate surface area is 616 Å². The third kappa shape index (κ3) is 10.0. The summed E-state index contributed by atoms with van der Waals surface area (Å²) in [6.07, 6.45) is 0.875. The Balaban J connectivity index is 0.000000151. The zero-order valence-electron chi connectivity index (χ0n) is 58.5. The molecule has 21 rings (SSSR count). The highest BCUT2D eigenvalue weighted by atomic mass is 15.1. The molecule has 19 aromatic rings. The van der Waals surface area contributed by atoms with Crippen LogP contribution < -0.4 is 4.90 Å². The first-order valence-corrected chi connectivity index (χ1v) is 36.8. The smallest absolute Gasteiger partial charge is 0.114 e. The van der Waals surface area contributed by atoms with Crippen molar-refractivity contribution < 1.29 is 0 Å². The molecule has 1 unspecified atom stereocenters. The Morgan fingerprint density at radius 2 is 0.708 bits per heavy atom. The molecule has 3 heterocycles. The van der Waals surface area contributed by atoms with E-state index in [0.717, 1.165) is 46.0 Å². The molecular formula is C102H70N4. The van der Waals surface area contributed by atoms with Crippen LogP contribution in [0.2, 0.25) is 0 Å². The van der Waals surface area contributed by atoms with E-state index in [2.05, 4.69) is 415 Å². The largest absolute Gasteiger partial charge is 0.310 e. The number of hydrogen-bond acceptors (Lipinski definition) is 2. The van der Waals surface area contributed by atoms with E-state index in [4.69, 9.17) is 4.98 Å². The number of nitrogens with zero attached hydrogens (tertiary/aromatic N) is 4. The molecule has 4 nitrogen and oxygen atoms in total. The van der Waals surface area contributed by atoms with Crippen LogP contribution in [0.1, 0.15) is 35.0 Å². The van der Waals surface area contributed by atoms with Crippen molar-refractivity contribution in [2.75, 3.05) is 4.90 Å². The molecule has 0 amide bonds. The predicted molar refractivity (Wildman–Crippen MR) is 444 cm³/mol. The molecule has 0 N–H and O–H groups in total. The minimum absolute atomic E-state index is 0.557. The number of rotatable bonds is 11. The van der Waals surface area contributed by atoms with Gasteiger partial charge in [0.1, 0.15) is 5.82 Å². The molecule has 1 spiro atoms. The third-order valence-corrected chi connectivity index (χ3v) is 22.2. The van der Waals surface area contributed by atoms with Crippen molar-refractivity contribution in [3.05, 3.63) is 422 Å². The first-order chi connectivity index (χ1) is 52.6. The van der Waals surface area contributed by atoms with Crippen molar-refractivity contribution in [1.82, 2.24) is 14.1 Å². The summed E-state index contributed by atoms with van der Waals surface area (Å²) < 4.78 is 4.81. The molecule has 2 aromatic heterocycles. The molecule has 0 saturated heterocycles. The van der Waals surface area contributed by atoms with Crippen molar-refractivity contribution >= 4 is 71.4 Å². The lowest BCUT2D eigenvalue weighted by molar-refractivity contribution is 0.748. The van der Waals surface area contributed by atoms with E-state index in [0.29, 0.717) is 0 Å². The van der Waals surface area contributed by atoms with E-state index in [-0.39, 0.29) is 0 Å². The lowest BCUT2D eigenvalue weighted by atomic mass is 9.65. The summed E-state index contributed by atoms with van der Waals surface area (Å²) in [5.41, 5.74) is 32.2. The van der Waals surface area contributed by atoms with Crippen molar-refractivity contribution in [3.8, 4) is 89.3 Å². The van der Waals surface area contributed by atoms with E-state index in [1.165, 1.54) is 149 Å². The molecule has 2 aliphatic rings. The fourth-order valence-corrected chi connectivity index (χ4v) is 17.5. The van der Waals surface area contributed by atoms with Crippen LogP contribution in [0.3, 0.4) is 0 Å². The van der Waals surface area contributed by atoms with Gasteiger partial charge in [-0.15, -0.1) is 0 Å². The highest BCUT2D eigenvalue weighted by Crippen LogP contribution is 2.62. The average Bonchev–Trinajstić information content (AvgIpc) is 1.49. The highest BCUT2D eigenvalue weighted by Gasteiger charge is 2.51. The number of aryl methyl sites for hydroxylation is 1. The van der Waals surface area contributed by atoms with Crippen molar-refractivity contribution in [1.29, 1.82) is 0 Å². The molecule has 1 aliphatic carbocycles. The second-order valence-corrected chi connectivity index (χ2v) is 27.8. The molecule has 1 atom stereocenters. The Bertz CT molecular complexity index is 6510. The Morgan fingerprint density at radius 1 is 0.283 bits per heavy atom.